The second kappa shape index (κ2) is 9.88. The molecule has 164 valence electrons. The fourth-order valence-electron chi connectivity index (χ4n) is 3.10. The van der Waals surface area contributed by atoms with E-state index >= 15 is 0 Å². The molecule has 4 rings (SSSR count). The van der Waals surface area contributed by atoms with E-state index in [-0.39, 0.29) is 23.0 Å². The number of carbonyl (C=O) groups is 1. The summed E-state index contributed by atoms with van der Waals surface area (Å²) in [5.74, 6) is 0.419. The standard InChI is InChI=1S/C23H21N3O4S2/c27-22(4-2-13-30-19-8-5-17-3-1-11-24-21(17)15-19)26-18-6-9-20(10-7-18)32(28,29)16-23-25-12-14-31-23/h1,3,5-12,14-15H,2,4,13,16H2,(H,26,27). The number of ether oxygens (including phenoxy) is 1. The molecule has 0 radical (unpaired) electrons. The summed E-state index contributed by atoms with van der Waals surface area (Å²) in [6.45, 7) is 0.402. The Morgan fingerprint density at radius 1 is 1.03 bits per heavy atom. The first-order chi connectivity index (χ1) is 15.5. The van der Waals surface area contributed by atoms with Gasteiger partial charge in [-0.05, 0) is 48.9 Å². The SMILES string of the molecule is O=C(CCCOc1ccc2cccnc2c1)Nc1ccc(S(=O)(=O)Cc2nccs2)cc1. The van der Waals surface area contributed by atoms with Crippen LogP contribution in [0.1, 0.15) is 17.8 Å². The second-order valence-corrected chi connectivity index (χ2v) is 10.0. The number of fused-ring (bicyclic) bond motifs is 1. The molecule has 0 atom stereocenters. The van der Waals surface area contributed by atoms with E-state index in [0.29, 0.717) is 29.5 Å². The molecule has 0 saturated carbocycles. The fraction of sp³-hybridized carbons (Fsp3) is 0.174. The van der Waals surface area contributed by atoms with Gasteiger partial charge >= 0.3 is 0 Å². The summed E-state index contributed by atoms with van der Waals surface area (Å²) >= 11 is 1.30. The van der Waals surface area contributed by atoms with Crippen molar-refractivity contribution in [2.75, 3.05) is 11.9 Å². The smallest absolute Gasteiger partial charge is 0.224 e. The number of thiazole rings is 1. The number of aromatic nitrogens is 2. The summed E-state index contributed by atoms with van der Waals surface area (Å²) in [6.07, 6.45) is 4.15. The minimum Gasteiger partial charge on any atom is -0.494 e. The quantitative estimate of drug-likeness (QED) is 0.365. The van der Waals surface area contributed by atoms with E-state index in [1.54, 1.807) is 29.9 Å². The number of hydrogen-bond donors (Lipinski definition) is 1. The van der Waals surface area contributed by atoms with Crippen molar-refractivity contribution in [3.63, 3.8) is 0 Å². The molecule has 0 bridgehead atoms. The number of nitrogens with zero attached hydrogens (tertiary/aromatic N) is 2. The van der Waals surface area contributed by atoms with Crippen molar-refractivity contribution < 1.29 is 17.9 Å². The van der Waals surface area contributed by atoms with Crippen LogP contribution in [0.15, 0.2) is 77.3 Å². The van der Waals surface area contributed by atoms with Gasteiger partial charge in [0.15, 0.2) is 9.84 Å². The van der Waals surface area contributed by atoms with Crippen LogP contribution in [0.3, 0.4) is 0 Å². The van der Waals surface area contributed by atoms with E-state index in [0.717, 1.165) is 10.9 Å². The van der Waals surface area contributed by atoms with Gasteiger partial charge in [0.1, 0.15) is 16.5 Å². The van der Waals surface area contributed by atoms with Gasteiger partial charge in [-0.1, -0.05) is 6.07 Å². The van der Waals surface area contributed by atoms with Crippen LogP contribution >= 0.6 is 11.3 Å². The van der Waals surface area contributed by atoms with Gasteiger partial charge in [-0.2, -0.15) is 0 Å². The van der Waals surface area contributed by atoms with Gasteiger partial charge < -0.3 is 10.1 Å². The Morgan fingerprint density at radius 3 is 2.66 bits per heavy atom. The zero-order valence-electron chi connectivity index (χ0n) is 17.1. The summed E-state index contributed by atoms with van der Waals surface area (Å²) in [6, 6.07) is 15.7. The lowest BCUT2D eigenvalue weighted by Gasteiger charge is -2.08. The number of rotatable bonds is 9. The third kappa shape index (κ3) is 5.68. The number of sulfone groups is 1. The van der Waals surface area contributed by atoms with E-state index in [1.165, 1.54) is 23.5 Å². The first-order valence-corrected chi connectivity index (χ1v) is 12.5. The molecule has 2 heterocycles. The van der Waals surface area contributed by atoms with Gasteiger partial charge in [0.2, 0.25) is 5.91 Å². The van der Waals surface area contributed by atoms with Crippen molar-refractivity contribution >= 4 is 43.7 Å². The lowest BCUT2D eigenvalue weighted by atomic mass is 10.2. The minimum atomic E-state index is -3.47. The molecular formula is C23H21N3O4S2. The molecule has 0 spiro atoms. The van der Waals surface area contributed by atoms with Gasteiger partial charge in [-0.25, -0.2) is 13.4 Å². The minimum absolute atomic E-state index is 0.135. The fourth-order valence-corrected chi connectivity index (χ4v) is 5.35. The van der Waals surface area contributed by atoms with Crippen LogP contribution in [0.25, 0.3) is 10.9 Å². The van der Waals surface area contributed by atoms with Crippen molar-refractivity contribution in [3.05, 3.63) is 77.4 Å². The Morgan fingerprint density at radius 2 is 1.88 bits per heavy atom. The van der Waals surface area contributed by atoms with Crippen molar-refractivity contribution in [2.24, 2.45) is 0 Å². The summed E-state index contributed by atoms with van der Waals surface area (Å²) < 4.78 is 30.6. The summed E-state index contributed by atoms with van der Waals surface area (Å²) in [7, 11) is -3.47. The van der Waals surface area contributed by atoms with Gasteiger partial charge in [0.05, 0.1) is 17.0 Å². The Hall–Kier alpha value is -3.30. The lowest BCUT2D eigenvalue weighted by molar-refractivity contribution is -0.116. The van der Waals surface area contributed by atoms with E-state index in [4.69, 9.17) is 4.74 Å². The lowest BCUT2D eigenvalue weighted by Crippen LogP contribution is -2.13. The molecule has 9 heteroatoms. The first-order valence-electron chi connectivity index (χ1n) is 9.98. The molecule has 0 fully saturated rings. The number of amides is 1. The number of anilines is 1. The molecule has 4 aromatic rings. The van der Waals surface area contributed by atoms with Gasteiger partial charge in [-0.15, -0.1) is 11.3 Å². The van der Waals surface area contributed by atoms with E-state index in [1.807, 2.05) is 30.3 Å². The molecule has 1 N–H and O–H groups in total. The van der Waals surface area contributed by atoms with Crippen molar-refractivity contribution in [3.8, 4) is 5.75 Å². The molecule has 32 heavy (non-hydrogen) atoms. The van der Waals surface area contributed by atoms with Gasteiger partial charge in [-0.3, -0.25) is 9.78 Å². The monoisotopic (exact) mass is 467 g/mol. The topological polar surface area (TPSA) is 98.2 Å². The predicted molar refractivity (Wildman–Crippen MR) is 125 cm³/mol. The van der Waals surface area contributed by atoms with Crippen molar-refractivity contribution in [1.82, 2.24) is 9.97 Å². The normalized spacial score (nSPS) is 11.4. The van der Waals surface area contributed by atoms with E-state index < -0.39 is 9.84 Å². The molecule has 0 aliphatic carbocycles. The number of benzene rings is 2. The van der Waals surface area contributed by atoms with E-state index in [9.17, 15) is 13.2 Å². The first kappa shape index (κ1) is 21.9. The molecular weight excluding hydrogens is 446 g/mol. The Balaban J connectivity index is 1.24. The van der Waals surface area contributed by atoms with Crippen LogP contribution in [0.5, 0.6) is 5.75 Å². The molecule has 1 amide bonds. The van der Waals surface area contributed by atoms with Crippen molar-refractivity contribution in [2.45, 2.75) is 23.5 Å². The highest BCUT2D eigenvalue weighted by Crippen LogP contribution is 2.21. The Labute approximate surface area is 190 Å². The van der Waals surface area contributed by atoms with Crippen LogP contribution in [0.4, 0.5) is 5.69 Å². The summed E-state index contributed by atoms with van der Waals surface area (Å²) in [5, 5.41) is 6.11. The maximum atomic E-state index is 12.5. The summed E-state index contributed by atoms with van der Waals surface area (Å²) in [4.78, 5) is 20.7. The average Bonchev–Trinajstić information content (AvgIpc) is 3.29. The highest BCUT2D eigenvalue weighted by atomic mass is 32.2. The van der Waals surface area contributed by atoms with Crippen LogP contribution < -0.4 is 10.1 Å². The number of nitrogens with one attached hydrogen (secondary N) is 1. The maximum absolute atomic E-state index is 12.5. The van der Waals surface area contributed by atoms with Crippen LogP contribution in [0, 0.1) is 0 Å². The molecule has 0 aliphatic rings. The van der Waals surface area contributed by atoms with E-state index in [2.05, 4.69) is 15.3 Å². The maximum Gasteiger partial charge on any atom is 0.224 e. The van der Waals surface area contributed by atoms with Crippen LogP contribution in [0.2, 0.25) is 0 Å². The zero-order valence-corrected chi connectivity index (χ0v) is 18.7. The third-order valence-electron chi connectivity index (χ3n) is 4.69. The second-order valence-electron chi connectivity index (χ2n) is 7.07. The highest BCUT2D eigenvalue weighted by molar-refractivity contribution is 7.90. The van der Waals surface area contributed by atoms with Crippen LogP contribution in [-0.4, -0.2) is 30.9 Å². The highest BCUT2D eigenvalue weighted by Gasteiger charge is 2.17. The number of hydrogen-bond acceptors (Lipinski definition) is 7. The number of carbonyl (C=O) groups excluding carboxylic acids is 1. The van der Waals surface area contributed by atoms with Crippen LogP contribution in [-0.2, 0) is 20.4 Å². The summed E-state index contributed by atoms with van der Waals surface area (Å²) in [5.41, 5.74) is 1.41. The molecule has 0 unspecified atom stereocenters. The molecule has 0 saturated heterocycles. The van der Waals surface area contributed by atoms with Gasteiger partial charge in [0.25, 0.3) is 0 Å². The van der Waals surface area contributed by atoms with Gasteiger partial charge in [0, 0.05) is 41.3 Å². The molecule has 2 aromatic carbocycles. The zero-order chi connectivity index (χ0) is 22.4. The molecule has 2 aromatic heterocycles. The Kier molecular flexibility index (Phi) is 6.77. The Bertz CT molecular complexity index is 1300. The molecule has 7 nitrogen and oxygen atoms in total. The molecule has 0 aliphatic heterocycles. The predicted octanol–water partition coefficient (Wildman–Crippen LogP) is 4.46. The van der Waals surface area contributed by atoms with Crippen molar-refractivity contribution in [1.29, 1.82) is 0 Å². The number of pyridine rings is 1. The average molecular weight is 468 g/mol. The third-order valence-corrected chi connectivity index (χ3v) is 7.29. The largest absolute Gasteiger partial charge is 0.494 e.